The van der Waals surface area contributed by atoms with Gasteiger partial charge in [0.1, 0.15) is 0 Å². The summed E-state index contributed by atoms with van der Waals surface area (Å²) in [5.41, 5.74) is 1.39. The van der Waals surface area contributed by atoms with Crippen LogP contribution >= 0.6 is 11.3 Å². The van der Waals surface area contributed by atoms with Gasteiger partial charge in [0.15, 0.2) is 5.96 Å². The van der Waals surface area contributed by atoms with Crippen LogP contribution in [0.3, 0.4) is 0 Å². The molecule has 23 heavy (non-hydrogen) atoms. The van der Waals surface area contributed by atoms with Crippen molar-refractivity contribution in [3.05, 3.63) is 22.4 Å². The van der Waals surface area contributed by atoms with Crippen LogP contribution in [-0.4, -0.2) is 50.8 Å². The molecule has 1 aliphatic rings. The number of thiophene rings is 1. The molecule has 4 nitrogen and oxygen atoms in total. The number of nitrogens with zero attached hydrogens (tertiary/aromatic N) is 2. The molecule has 0 saturated carbocycles. The van der Waals surface area contributed by atoms with E-state index >= 15 is 0 Å². The Labute approximate surface area is 144 Å². The van der Waals surface area contributed by atoms with Crippen LogP contribution in [0.5, 0.6) is 0 Å². The van der Waals surface area contributed by atoms with E-state index in [1.165, 1.54) is 24.8 Å². The third-order valence-electron chi connectivity index (χ3n) is 4.54. The van der Waals surface area contributed by atoms with Gasteiger partial charge >= 0.3 is 0 Å². The van der Waals surface area contributed by atoms with Crippen molar-refractivity contribution in [1.29, 1.82) is 0 Å². The topological polar surface area (TPSA) is 36.9 Å². The highest BCUT2D eigenvalue weighted by molar-refractivity contribution is 7.07. The summed E-state index contributed by atoms with van der Waals surface area (Å²) >= 11 is 1.76. The van der Waals surface area contributed by atoms with Crippen molar-refractivity contribution in [1.82, 2.24) is 10.2 Å². The van der Waals surface area contributed by atoms with E-state index < -0.39 is 0 Å². The van der Waals surface area contributed by atoms with Crippen molar-refractivity contribution in [3.8, 4) is 0 Å². The second kappa shape index (κ2) is 9.93. The van der Waals surface area contributed by atoms with Gasteiger partial charge < -0.3 is 15.0 Å². The van der Waals surface area contributed by atoms with Crippen LogP contribution in [0.25, 0.3) is 0 Å². The fourth-order valence-electron chi connectivity index (χ4n) is 2.87. The molecule has 1 aromatic rings. The van der Waals surface area contributed by atoms with Gasteiger partial charge in [-0.1, -0.05) is 6.92 Å². The van der Waals surface area contributed by atoms with Gasteiger partial charge in [-0.25, -0.2) is 0 Å². The lowest BCUT2D eigenvalue weighted by molar-refractivity contribution is 0.0625. The summed E-state index contributed by atoms with van der Waals surface area (Å²) in [6, 6.07) is 2.20. The molecule has 1 unspecified atom stereocenters. The number of aliphatic imine (C=N–C) groups is 1. The van der Waals surface area contributed by atoms with Gasteiger partial charge in [-0.2, -0.15) is 11.3 Å². The minimum atomic E-state index is 0.471. The molecule has 5 heteroatoms. The molecular formula is C18H31N3OS. The zero-order chi connectivity index (χ0) is 16.5. The van der Waals surface area contributed by atoms with Crippen molar-refractivity contribution in [2.75, 3.05) is 39.9 Å². The molecule has 2 rings (SSSR count). The second-order valence-electron chi connectivity index (χ2n) is 6.42. The summed E-state index contributed by atoms with van der Waals surface area (Å²) in [6.45, 7) is 9.04. The fraction of sp³-hybridized carbons (Fsp3) is 0.722. The Kier molecular flexibility index (Phi) is 7.89. The summed E-state index contributed by atoms with van der Waals surface area (Å²) in [7, 11) is 2.15. The van der Waals surface area contributed by atoms with Gasteiger partial charge in [0.2, 0.25) is 0 Å². The Morgan fingerprint density at radius 1 is 1.48 bits per heavy atom. The van der Waals surface area contributed by atoms with Crippen LogP contribution in [0.1, 0.15) is 44.6 Å². The highest BCUT2D eigenvalue weighted by Crippen LogP contribution is 2.19. The first-order valence-corrected chi connectivity index (χ1v) is 9.74. The lowest BCUT2D eigenvalue weighted by atomic mass is 9.96. The summed E-state index contributed by atoms with van der Waals surface area (Å²) in [5.74, 6) is 2.30. The molecule has 1 N–H and O–H groups in total. The Balaban J connectivity index is 1.83. The predicted octanol–water partition coefficient (Wildman–Crippen LogP) is 3.57. The molecule has 1 saturated heterocycles. The highest BCUT2D eigenvalue weighted by Gasteiger charge is 2.15. The first-order valence-electron chi connectivity index (χ1n) is 8.80. The molecule has 0 radical (unpaired) electrons. The van der Waals surface area contributed by atoms with Crippen LogP contribution < -0.4 is 5.32 Å². The quantitative estimate of drug-likeness (QED) is 0.610. The first-order chi connectivity index (χ1) is 11.2. The molecule has 0 aromatic carbocycles. The van der Waals surface area contributed by atoms with E-state index in [2.05, 4.69) is 47.9 Å². The third kappa shape index (κ3) is 6.15. The van der Waals surface area contributed by atoms with E-state index in [9.17, 15) is 0 Å². The summed E-state index contributed by atoms with van der Waals surface area (Å²) in [4.78, 5) is 7.12. The zero-order valence-corrected chi connectivity index (χ0v) is 15.6. The normalized spacial score (nSPS) is 18.0. The van der Waals surface area contributed by atoms with E-state index in [1.807, 2.05) is 0 Å². The third-order valence-corrected chi connectivity index (χ3v) is 5.24. The molecule has 1 atom stereocenters. The van der Waals surface area contributed by atoms with E-state index in [0.29, 0.717) is 5.92 Å². The largest absolute Gasteiger partial charge is 0.381 e. The molecule has 0 bridgehead atoms. The van der Waals surface area contributed by atoms with E-state index in [0.717, 1.165) is 44.7 Å². The van der Waals surface area contributed by atoms with Crippen molar-refractivity contribution in [2.45, 2.75) is 39.0 Å². The van der Waals surface area contributed by atoms with Crippen LogP contribution in [0.4, 0.5) is 0 Å². The fourth-order valence-corrected chi connectivity index (χ4v) is 3.65. The number of hydrogen-bond donors (Lipinski definition) is 1. The van der Waals surface area contributed by atoms with Gasteiger partial charge in [-0.05, 0) is 54.5 Å². The number of guanidine groups is 1. The minimum absolute atomic E-state index is 0.471. The molecule has 1 fully saturated rings. The Morgan fingerprint density at radius 3 is 2.91 bits per heavy atom. The molecule has 1 aromatic heterocycles. The van der Waals surface area contributed by atoms with Gasteiger partial charge in [0.05, 0.1) is 0 Å². The lowest BCUT2D eigenvalue weighted by Crippen LogP contribution is -2.40. The number of nitrogens with one attached hydrogen (secondary N) is 1. The molecule has 0 aliphatic carbocycles. The molecule has 0 spiro atoms. The van der Waals surface area contributed by atoms with Crippen LogP contribution in [0, 0.1) is 5.92 Å². The van der Waals surface area contributed by atoms with Crippen LogP contribution in [-0.2, 0) is 4.74 Å². The Morgan fingerprint density at radius 2 is 2.26 bits per heavy atom. The van der Waals surface area contributed by atoms with Gasteiger partial charge in [-0.15, -0.1) is 0 Å². The SMILES string of the molecule is CCNC(=NCC(C)c1ccsc1)N(C)CCC1CCOCC1. The summed E-state index contributed by atoms with van der Waals surface area (Å²) < 4.78 is 5.44. The first kappa shape index (κ1) is 18.3. The monoisotopic (exact) mass is 337 g/mol. The van der Waals surface area contributed by atoms with Gasteiger partial charge in [-0.3, -0.25) is 4.99 Å². The van der Waals surface area contributed by atoms with Gasteiger partial charge in [0.25, 0.3) is 0 Å². The zero-order valence-electron chi connectivity index (χ0n) is 14.8. The maximum absolute atomic E-state index is 5.44. The smallest absolute Gasteiger partial charge is 0.193 e. The number of rotatable bonds is 7. The standard InChI is InChI=1S/C18H31N3OS/c1-4-19-18(20-13-15(2)17-8-12-23-14-17)21(3)9-5-16-6-10-22-11-7-16/h8,12,14-16H,4-7,9-11,13H2,1-3H3,(H,19,20). The maximum atomic E-state index is 5.44. The number of hydrogen-bond acceptors (Lipinski definition) is 3. The van der Waals surface area contributed by atoms with E-state index in [1.54, 1.807) is 11.3 Å². The predicted molar refractivity (Wildman–Crippen MR) is 99.5 cm³/mol. The van der Waals surface area contributed by atoms with Crippen molar-refractivity contribution in [2.24, 2.45) is 10.9 Å². The second-order valence-corrected chi connectivity index (χ2v) is 7.20. The average molecular weight is 338 g/mol. The minimum Gasteiger partial charge on any atom is -0.381 e. The van der Waals surface area contributed by atoms with Gasteiger partial charge in [0, 0.05) is 45.8 Å². The van der Waals surface area contributed by atoms with Crippen molar-refractivity contribution >= 4 is 17.3 Å². The molecular weight excluding hydrogens is 306 g/mol. The molecule has 2 heterocycles. The molecule has 0 amide bonds. The maximum Gasteiger partial charge on any atom is 0.193 e. The lowest BCUT2D eigenvalue weighted by Gasteiger charge is -2.27. The summed E-state index contributed by atoms with van der Waals surface area (Å²) in [5, 5.41) is 7.79. The summed E-state index contributed by atoms with van der Waals surface area (Å²) in [6.07, 6.45) is 3.64. The van der Waals surface area contributed by atoms with Crippen LogP contribution in [0.15, 0.2) is 21.8 Å². The Bertz CT molecular complexity index is 455. The van der Waals surface area contributed by atoms with Crippen molar-refractivity contribution < 1.29 is 4.74 Å². The number of ether oxygens (including phenoxy) is 1. The van der Waals surface area contributed by atoms with E-state index in [-0.39, 0.29) is 0 Å². The van der Waals surface area contributed by atoms with Crippen LogP contribution in [0.2, 0.25) is 0 Å². The van der Waals surface area contributed by atoms with E-state index in [4.69, 9.17) is 9.73 Å². The average Bonchev–Trinajstić information content (AvgIpc) is 3.12. The molecule has 1 aliphatic heterocycles. The molecule has 130 valence electrons. The van der Waals surface area contributed by atoms with Crippen molar-refractivity contribution in [3.63, 3.8) is 0 Å². The Hall–Kier alpha value is -1.07. The highest BCUT2D eigenvalue weighted by atomic mass is 32.1.